The zero-order valence-corrected chi connectivity index (χ0v) is 11.8. The highest BCUT2D eigenvalue weighted by molar-refractivity contribution is 7.84. The van der Waals surface area contributed by atoms with Crippen LogP contribution in [0, 0.1) is 18.3 Å². The van der Waals surface area contributed by atoms with E-state index in [1.165, 1.54) is 0 Å². The summed E-state index contributed by atoms with van der Waals surface area (Å²) < 4.78 is 11.1. The van der Waals surface area contributed by atoms with Crippen molar-refractivity contribution in [2.45, 2.75) is 38.5 Å². The van der Waals surface area contributed by atoms with Gasteiger partial charge in [-0.05, 0) is 12.3 Å². The number of carbonyl (C=O) groups is 1. The monoisotopic (exact) mass is 258 g/mol. The van der Waals surface area contributed by atoms with Gasteiger partial charge in [0, 0.05) is 28.9 Å². The SMILES string of the molecule is C#C[C@H](NC(=O)NCC[C@H](C)[S@](C)=O)C(C)C. The van der Waals surface area contributed by atoms with E-state index in [9.17, 15) is 9.00 Å². The quantitative estimate of drug-likeness (QED) is 0.701. The minimum atomic E-state index is -0.849. The van der Waals surface area contributed by atoms with E-state index in [-0.39, 0.29) is 23.2 Å². The summed E-state index contributed by atoms with van der Waals surface area (Å²) in [5.74, 6) is 2.73. The minimum Gasteiger partial charge on any atom is -0.338 e. The highest BCUT2D eigenvalue weighted by atomic mass is 32.2. The second-order valence-corrected chi connectivity index (χ2v) is 6.19. The van der Waals surface area contributed by atoms with Crippen molar-refractivity contribution >= 4 is 16.8 Å². The standard InChI is InChI=1S/C12H22N2O2S/c1-6-11(9(2)3)14-12(15)13-8-7-10(4)17(5)16/h1,9-11H,7-8H2,2-5H3,(H2,13,14,15)/t10-,11-,17-/m0/s1. The average molecular weight is 258 g/mol. The lowest BCUT2D eigenvalue weighted by Gasteiger charge is -2.17. The zero-order valence-electron chi connectivity index (χ0n) is 10.9. The second kappa shape index (κ2) is 8.13. The molecule has 0 spiro atoms. The number of hydrogen-bond acceptors (Lipinski definition) is 2. The van der Waals surface area contributed by atoms with Crippen molar-refractivity contribution in [3.63, 3.8) is 0 Å². The summed E-state index contributed by atoms with van der Waals surface area (Å²) in [5.41, 5.74) is 0. The van der Waals surface area contributed by atoms with Crippen LogP contribution in [0.4, 0.5) is 4.79 Å². The second-order valence-electron chi connectivity index (χ2n) is 4.39. The third-order valence-electron chi connectivity index (χ3n) is 2.54. The van der Waals surface area contributed by atoms with E-state index < -0.39 is 10.8 Å². The molecule has 0 heterocycles. The van der Waals surface area contributed by atoms with Crippen LogP contribution in [0.5, 0.6) is 0 Å². The Hall–Kier alpha value is -1.02. The fourth-order valence-electron chi connectivity index (χ4n) is 1.15. The van der Waals surface area contributed by atoms with Gasteiger partial charge in [-0.2, -0.15) is 0 Å². The first-order valence-corrected chi connectivity index (χ1v) is 7.33. The molecule has 0 unspecified atom stereocenters. The summed E-state index contributed by atoms with van der Waals surface area (Å²) >= 11 is 0. The lowest BCUT2D eigenvalue weighted by Crippen LogP contribution is -2.44. The van der Waals surface area contributed by atoms with Crippen LogP contribution in [0.1, 0.15) is 27.2 Å². The van der Waals surface area contributed by atoms with Gasteiger partial charge in [0.05, 0.1) is 6.04 Å². The maximum Gasteiger partial charge on any atom is 0.315 e. The van der Waals surface area contributed by atoms with Crippen molar-refractivity contribution < 1.29 is 9.00 Å². The Morgan fingerprint density at radius 2 is 2.00 bits per heavy atom. The summed E-state index contributed by atoms with van der Waals surface area (Å²) in [6.07, 6.45) is 7.66. The van der Waals surface area contributed by atoms with Crippen LogP contribution in [0.3, 0.4) is 0 Å². The van der Waals surface area contributed by atoms with Gasteiger partial charge < -0.3 is 10.6 Å². The average Bonchev–Trinajstić information content (AvgIpc) is 2.25. The molecule has 0 bridgehead atoms. The maximum absolute atomic E-state index is 11.5. The van der Waals surface area contributed by atoms with Crippen molar-refractivity contribution in [3.8, 4) is 12.3 Å². The molecule has 0 aromatic carbocycles. The van der Waals surface area contributed by atoms with Crippen molar-refractivity contribution in [2.75, 3.05) is 12.8 Å². The summed E-state index contributed by atoms with van der Waals surface area (Å²) in [6.45, 7) is 6.30. The van der Waals surface area contributed by atoms with Crippen LogP contribution in [-0.4, -0.2) is 34.3 Å². The fourth-order valence-corrected chi connectivity index (χ4v) is 1.60. The highest BCUT2D eigenvalue weighted by Crippen LogP contribution is 2.00. The van der Waals surface area contributed by atoms with Gasteiger partial charge in [0.25, 0.3) is 0 Å². The van der Waals surface area contributed by atoms with Gasteiger partial charge in [-0.25, -0.2) is 4.79 Å². The molecule has 0 fully saturated rings. The molecule has 98 valence electrons. The van der Waals surface area contributed by atoms with Crippen LogP contribution >= 0.6 is 0 Å². The number of nitrogens with one attached hydrogen (secondary N) is 2. The molecule has 0 aliphatic rings. The summed E-state index contributed by atoms with van der Waals surface area (Å²) in [5, 5.41) is 5.50. The molecule has 17 heavy (non-hydrogen) atoms. The molecular weight excluding hydrogens is 236 g/mol. The Bertz CT molecular complexity index is 310. The summed E-state index contributed by atoms with van der Waals surface area (Å²) in [6, 6.07) is -0.525. The van der Waals surface area contributed by atoms with Crippen LogP contribution in [0.25, 0.3) is 0 Å². The van der Waals surface area contributed by atoms with Gasteiger partial charge in [-0.3, -0.25) is 4.21 Å². The molecule has 0 radical (unpaired) electrons. The van der Waals surface area contributed by atoms with Crippen molar-refractivity contribution in [1.82, 2.24) is 10.6 Å². The number of urea groups is 1. The zero-order chi connectivity index (χ0) is 13.4. The van der Waals surface area contributed by atoms with E-state index >= 15 is 0 Å². The molecule has 0 aromatic rings. The van der Waals surface area contributed by atoms with E-state index in [2.05, 4.69) is 16.6 Å². The Kier molecular flexibility index (Phi) is 7.64. The van der Waals surface area contributed by atoms with E-state index in [0.717, 1.165) is 0 Å². The van der Waals surface area contributed by atoms with E-state index in [4.69, 9.17) is 6.42 Å². The number of rotatable bonds is 6. The third kappa shape index (κ3) is 7.01. The molecule has 2 N–H and O–H groups in total. The van der Waals surface area contributed by atoms with E-state index in [0.29, 0.717) is 13.0 Å². The highest BCUT2D eigenvalue weighted by Gasteiger charge is 2.13. The summed E-state index contributed by atoms with van der Waals surface area (Å²) in [4.78, 5) is 11.5. The Morgan fingerprint density at radius 1 is 1.41 bits per heavy atom. The molecule has 3 atom stereocenters. The molecule has 0 aliphatic carbocycles. The molecule has 5 heteroatoms. The van der Waals surface area contributed by atoms with Crippen molar-refractivity contribution in [3.05, 3.63) is 0 Å². The topological polar surface area (TPSA) is 58.2 Å². The molecule has 0 aliphatic heterocycles. The van der Waals surface area contributed by atoms with Crippen molar-refractivity contribution in [2.24, 2.45) is 5.92 Å². The van der Waals surface area contributed by atoms with Crippen LogP contribution in [0.2, 0.25) is 0 Å². The van der Waals surface area contributed by atoms with Gasteiger partial charge in [0.2, 0.25) is 0 Å². The smallest absolute Gasteiger partial charge is 0.315 e. The molecule has 0 rings (SSSR count). The number of terminal acetylenes is 1. The van der Waals surface area contributed by atoms with E-state index in [1.807, 2.05) is 20.8 Å². The first kappa shape index (κ1) is 16.0. The molecule has 4 nitrogen and oxygen atoms in total. The lowest BCUT2D eigenvalue weighted by molar-refractivity contribution is 0.236. The van der Waals surface area contributed by atoms with Gasteiger partial charge in [-0.1, -0.05) is 26.7 Å². The number of carbonyl (C=O) groups excluding carboxylic acids is 1. The Labute approximate surface area is 106 Å². The van der Waals surface area contributed by atoms with Crippen molar-refractivity contribution in [1.29, 1.82) is 0 Å². The Morgan fingerprint density at radius 3 is 2.41 bits per heavy atom. The van der Waals surface area contributed by atoms with Crippen LogP contribution in [-0.2, 0) is 10.8 Å². The first-order chi connectivity index (χ1) is 7.88. The maximum atomic E-state index is 11.5. The van der Waals surface area contributed by atoms with Gasteiger partial charge in [0.15, 0.2) is 0 Å². The number of amides is 2. The van der Waals surface area contributed by atoms with Crippen LogP contribution in [0.15, 0.2) is 0 Å². The molecule has 2 amide bonds. The molecule has 0 aromatic heterocycles. The van der Waals surface area contributed by atoms with Gasteiger partial charge >= 0.3 is 6.03 Å². The Balaban J connectivity index is 3.88. The van der Waals surface area contributed by atoms with Crippen LogP contribution < -0.4 is 10.6 Å². The lowest BCUT2D eigenvalue weighted by atomic mass is 10.1. The molecule has 0 saturated heterocycles. The van der Waals surface area contributed by atoms with E-state index in [1.54, 1.807) is 6.26 Å². The largest absolute Gasteiger partial charge is 0.338 e. The molecule has 0 saturated carbocycles. The normalized spacial score (nSPS) is 15.8. The predicted molar refractivity (Wildman–Crippen MR) is 72.1 cm³/mol. The predicted octanol–water partition coefficient (Wildman–Crippen LogP) is 1.10. The molecular formula is C12H22N2O2S. The number of hydrogen-bond donors (Lipinski definition) is 2. The first-order valence-electron chi connectivity index (χ1n) is 5.71. The summed E-state index contributed by atoms with van der Waals surface area (Å²) in [7, 11) is -0.849. The minimum absolute atomic E-state index is 0.0869. The fraction of sp³-hybridized carbons (Fsp3) is 0.750. The van der Waals surface area contributed by atoms with Gasteiger partial charge in [-0.15, -0.1) is 6.42 Å². The third-order valence-corrected chi connectivity index (χ3v) is 3.90. The van der Waals surface area contributed by atoms with Gasteiger partial charge in [0.1, 0.15) is 0 Å².